The predicted octanol–water partition coefficient (Wildman–Crippen LogP) is 2.81. The molecule has 0 saturated carbocycles. The van der Waals surface area contributed by atoms with E-state index < -0.39 is 0 Å². The zero-order chi connectivity index (χ0) is 19.4. The minimum absolute atomic E-state index is 0.240. The van der Waals surface area contributed by atoms with E-state index in [9.17, 15) is 4.79 Å². The maximum atomic E-state index is 12.5. The number of hydrogen-bond acceptors (Lipinski definition) is 4. The lowest BCUT2D eigenvalue weighted by Gasteiger charge is -2.48. The van der Waals surface area contributed by atoms with Gasteiger partial charge in [-0.1, -0.05) is 13.0 Å². The molecule has 0 aliphatic carbocycles. The largest absolute Gasteiger partial charge is 0.348 e. The number of nitrogens with one attached hydrogen (secondary N) is 1. The van der Waals surface area contributed by atoms with E-state index in [4.69, 9.17) is 0 Å². The lowest BCUT2D eigenvalue weighted by atomic mass is 9.73. The third kappa shape index (κ3) is 4.43. The number of H-pyrrole nitrogens is 1. The molecule has 2 aromatic rings. The van der Waals surface area contributed by atoms with Crippen LogP contribution in [0.1, 0.15) is 49.6 Å². The summed E-state index contributed by atoms with van der Waals surface area (Å²) >= 11 is 0. The molecule has 0 aromatic carbocycles. The van der Waals surface area contributed by atoms with Crippen molar-refractivity contribution in [2.45, 2.75) is 52.0 Å². The fourth-order valence-corrected chi connectivity index (χ4v) is 4.75. The highest BCUT2D eigenvalue weighted by molar-refractivity contribution is 5.77. The second-order valence-electron chi connectivity index (χ2n) is 8.47. The summed E-state index contributed by atoms with van der Waals surface area (Å²) in [5.74, 6) is 0.305. The molecular formula is C22H31N5O. The maximum Gasteiger partial charge on any atom is 0.222 e. The molecule has 1 atom stereocenters. The van der Waals surface area contributed by atoms with Gasteiger partial charge in [0.25, 0.3) is 0 Å². The van der Waals surface area contributed by atoms with Crippen LogP contribution in [0.15, 0.2) is 30.9 Å². The normalized spacial score (nSPS) is 23.5. The van der Waals surface area contributed by atoms with Gasteiger partial charge in [-0.3, -0.25) is 14.7 Å². The van der Waals surface area contributed by atoms with E-state index >= 15 is 0 Å². The molecule has 4 heterocycles. The van der Waals surface area contributed by atoms with Gasteiger partial charge in [-0.2, -0.15) is 0 Å². The number of amides is 1. The number of carbonyl (C=O) groups is 1. The smallest absolute Gasteiger partial charge is 0.222 e. The summed E-state index contributed by atoms with van der Waals surface area (Å²) in [5.41, 5.74) is 3.78. The summed E-state index contributed by atoms with van der Waals surface area (Å²) < 4.78 is 0. The zero-order valence-electron chi connectivity index (χ0n) is 16.9. The van der Waals surface area contributed by atoms with Crippen molar-refractivity contribution < 1.29 is 4.79 Å². The van der Waals surface area contributed by atoms with Crippen LogP contribution in [0.2, 0.25) is 0 Å². The Morgan fingerprint density at radius 1 is 1.21 bits per heavy atom. The van der Waals surface area contributed by atoms with Crippen molar-refractivity contribution in [2.75, 3.05) is 26.2 Å². The highest BCUT2D eigenvalue weighted by Gasteiger charge is 2.41. The summed E-state index contributed by atoms with van der Waals surface area (Å²) in [6.07, 6.45) is 11.6. The molecule has 6 heteroatoms. The van der Waals surface area contributed by atoms with Crippen molar-refractivity contribution in [3.8, 4) is 0 Å². The maximum absolute atomic E-state index is 12.5. The standard InChI is InChI=1S/C22H31N5O/c1-2-18-4-5-20(24-12-18)14-26-10-3-8-22(15-26)9-6-21(28)27(16-22)11-7-19-13-23-17-25-19/h4-5,12-13,17H,2-3,6-11,14-16H2,1H3,(H,23,25)/t22-/m1/s1. The molecule has 0 radical (unpaired) electrons. The van der Waals surface area contributed by atoms with Gasteiger partial charge in [-0.05, 0) is 43.9 Å². The van der Waals surface area contributed by atoms with Crippen LogP contribution in [0.4, 0.5) is 0 Å². The summed E-state index contributed by atoms with van der Waals surface area (Å²) in [7, 11) is 0. The number of imidazole rings is 1. The van der Waals surface area contributed by atoms with Gasteiger partial charge >= 0.3 is 0 Å². The summed E-state index contributed by atoms with van der Waals surface area (Å²) in [4.78, 5) is 29.0. The number of aromatic amines is 1. The molecule has 2 fully saturated rings. The molecule has 0 unspecified atom stereocenters. The molecule has 6 nitrogen and oxygen atoms in total. The second kappa shape index (κ2) is 8.43. The third-order valence-corrected chi connectivity index (χ3v) is 6.37. The predicted molar refractivity (Wildman–Crippen MR) is 109 cm³/mol. The first-order valence-electron chi connectivity index (χ1n) is 10.6. The monoisotopic (exact) mass is 381 g/mol. The Labute approximate surface area is 167 Å². The van der Waals surface area contributed by atoms with E-state index in [-0.39, 0.29) is 5.41 Å². The highest BCUT2D eigenvalue weighted by atomic mass is 16.2. The van der Waals surface area contributed by atoms with Crippen LogP contribution in [-0.2, 0) is 24.2 Å². The van der Waals surface area contributed by atoms with Gasteiger partial charge in [0.2, 0.25) is 5.91 Å². The van der Waals surface area contributed by atoms with Crippen molar-refractivity contribution in [3.05, 3.63) is 47.8 Å². The van der Waals surface area contributed by atoms with Crippen molar-refractivity contribution >= 4 is 5.91 Å². The molecule has 28 heavy (non-hydrogen) atoms. The van der Waals surface area contributed by atoms with Crippen LogP contribution >= 0.6 is 0 Å². The first kappa shape index (κ1) is 19.1. The number of nitrogens with zero attached hydrogens (tertiary/aromatic N) is 4. The Morgan fingerprint density at radius 2 is 2.14 bits per heavy atom. The van der Waals surface area contributed by atoms with E-state index in [1.165, 1.54) is 18.4 Å². The van der Waals surface area contributed by atoms with E-state index in [0.717, 1.165) is 63.4 Å². The number of carbonyl (C=O) groups excluding carboxylic acids is 1. The van der Waals surface area contributed by atoms with Crippen LogP contribution in [0.25, 0.3) is 0 Å². The van der Waals surface area contributed by atoms with Crippen LogP contribution in [0, 0.1) is 5.41 Å². The number of aromatic nitrogens is 3. The summed E-state index contributed by atoms with van der Waals surface area (Å²) in [5, 5.41) is 0. The van der Waals surface area contributed by atoms with Gasteiger partial charge in [0.05, 0.1) is 12.0 Å². The molecule has 1 N–H and O–H groups in total. The van der Waals surface area contributed by atoms with Gasteiger partial charge in [0, 0.05) is 62.5 Å². The van der Waals surface area contributed by atoms with Crippen LogP contribution in [0.5, 0.6) is 0 Å². The number of likely N-dealkylation sites (tertiary alicyclic amines) is 2. The summed E-state index contributed by atoms with van der Waals surface area (Å²) in [6, 6.07) is 4.36. The first-order chi connectivity index (χ1) is 13.7. The Morgan fingerprint density at radius 3 is 2.89 bits per heavy atom. The molecule has 2 aromatic heterocycles. The molecule has 2 aliphatic heterocycles. The molecule has 2 aliphatic rings. The van der Waals surface area contributed by atoms with E-state index in [1.807, 2.05) is 12.4 Å². The Balaban J connectivity index is 1.37. The fourth-order valence-electron chi connectivity index (χ4n) is 4.75. The lowest BCUT2D eigenvalue weighted by Crippen LogP contribution is -2.54. The Kier molecular flexibility index (Phi) is 5.76. The van der Waals surface area contributed by atoms with Crippen LogP contribution in [0.3, 0.4) is 0 Å². The minimum atomic E-state index is 0.240. The first-order valence-corrected chi connectivity index (χ1v) is 10.6. The number of piperidine rings is 2. The average molecular weight is 382 g/mol. The molecule has 1 spiro atoms. The van der Waals surface area contributed by atoms with Crippen LogP contribution < -0.4 is 0 Å². The molecule has 4 rings (SSSR count). The second-order valence-corrected chi connectivity index (χ2v) is 8.47. The lowest BCUT2D eigenvalue weighted by molar-refractivity contribution is -0.139. The van der Waals surface area contributed by atoms with Gasteiger partial charge in [-0.15, -0.1) is 0 Å². The molecule has 1 amide bonds. The van der Waals surface area contributed by atoms with Crippen molar-refractivity contribution in [3.63, 3.8) is 0 Å². The minimum Gasteiger partial charge on any atom is -0.348 e. The molecule has 0 bridgehead atoms. The summed E-state index contributed by atoms with van der Waals surface area (Å²) in [6.45, 7) is 6.93. The average Bonchev–Trinajstić information content (AvgIpc) is 3.23. The fraction of sp³-hybridized carbons (Fsp3) is 0.591. The molecule has 2 saturated heterocycles. The highest BCUT2D eigenvalue weighted by Crippen LogP contribution is 2.39. The Bertz CT molecular complexity index is 773. The van der Waals surface area contributed by atoms with E-state index in [2.05, 4.69) is 43.8 Å². The zero-order valence-corrected chi connectivity index (χ0v) is 16.9. The van der Waals surface area contributed by atoms with Crippen molar-refractivity contribution in [2.24, 2.45) is 5.41 Å². The number of aryl methyl sites for hydroxylation is 1. The van der Waals surface area contributed by atoms with Gasteiger partial charge in [-0.25, -0.2) is 4.98 Å². The quantitative estimate of drug-likeness (QED) is 0.836. The van der Waals surface area contributed by atoms with Crippen molar-refractivity contribution in [1.82, 2.24) is 24.8 Å². The SMILES string of the molecule is CCc1ccc(CN2CCC[C@@]3(CCC(=O)N(CCc4cnc[nH]4)C3)C2)nc1. The van der Waals surface area contributed by atoms with Gasteiger partial charge in [0.1, 0.15) is 0 Å². The number of rotatable bonds is 6. The Hall–Kier alpha value is -2.21. The van der Waals surface area contributed by atoms with Crippen molar-refractivity contribution in [1.29, 1.82) is 0 Å². The van der Waals surface area contributed by atoms with E-state index in [1.54, 1.807) is 6.33 Å². The van der Waals surface area contributed by atoms with Crippen LogP contribution in [-0.4, -0.2) is 56.8 Å². The number of pyridine rings is 1. The third-order valence-electron chi connectivity index (χ3n) is 6.37. The van der Waals surface area contributed by atoms with Gasteiger partial charge < -0.3 is 9.88 Å². The van der Waals surface area contributed by atoms with Gasteiger partial charge in [0.15, 0.2) is 0 Å². The molecule has 150 valence electrons. The van der Waals surface area contributed by atoms with E-state index in [0.29, 0.717) is 12.3 Å². The topological polar surface area (TPSA) is 65.1 Å². The number of hydrogen-bond donors (Lipinski definition) is 1. The molecular weight excluding hydrogens is 350 g/mol.